The van der Waals surface area contributed by atoms with Crippen molar-refractivity contribution in [2.75, 3.05) is 0 Å². The monoisotopic (exact) mass is 281 g/mol. The quantitative estimate of drug-likeness (QED) is 0.697. The summed E-state index contributed by atoms with van der Waals surface area (Å²) in [5.74, 6) is -1.93. The number of carbonyl (C=O) groups is 3. The lowest BCUT2D eigenvalue weighted by Crippen LogP contribution is -2.48. The Balaban J connectivity index is 2.22. The third-order valence-corrected chi connectivity index (χ3v) is 3.59. The van der Waals surface area contributed by atoms with Gasteiger partial charge in [-0.05, 0) is 33.8 Å². The van der Waals surface area contributed by atoms with Crippen LogP contribution in [0.2, 0.25) is 0 Å². The van der Waals surface area contributed by atoms with Gasteiger partial charge in [-0.15, -0.1) is 15.3 Å². The number of hydroxylamine groups is 4. The second kappa shape index (κ2) is 4.39. The summed E-state index contributed by atoms with van der Waals surface area (Å²) >= 11 is 0. The zero-order chi connectivity index (χ0) is 15.3. The molecule has 0 aromatic carbocycles. The average molecular weight is 281 g/mol. The average Bonchev–Trinajstić information content (AvgIpc) is 2.73. The van der Waals surface area contributed by atoms with Gasteiger partial charge in [-0.25, -0.2) is 4.79 Å². The molecule has 0 bridgehead atoms. The Labute approximate surface area is 116 Å². The summed E-state index contributed by atoms with van der Waals surface area (Å²) in [7, 11) is 0. The van der Waals surface area contributed by atoms with Gasteiger partial charge in [0.2, 0.25) is 0 Å². The van der Waals surface area contributed by atoms with Crippen molar-refractivity contribution in [3.63, 3.8) is 0 Å². The van der Waals surface area contributed by atoms with Crippen LogP contribution in [-0.4, -0.2) is 39.0 Å². The van der Waals surface area contributed by atoms with E-state index in [1.54, 1.807) is 27.7 Å². The van der Waals surface area contributed by atoms with E-state index in [0.717, 1.165) is 5.06 Å². The Kier molecular flexibility index (Phi) is 3.22. The van der Waals surface area contributed by atoms with Crippen molar-refractivity contribution in [2.45, 2.75) is 51.6 Å². The van der Waals surface area contributed by atoms with Gasteiger partial charge >= 0.3 is 5.97 Å². The molecular formula is C13H17N2O5. The van der Waals surface area contributed by atoms with E-state index in [-0.39, 0.29) is 18.4 Å². The fourth-order valence-electron chi connectivity index (χ4n) is 2.52. The molecule has 2 rings (SSSR count). The molecule has 2 aliphatic rings. The Morgan fingerprint density at radius 1 is 1.15 bits per heavy atom. The smallest absolute Gasteiger partial charge is 0.325 e. The third kappa shape index (κ3) is 2.12. The van der Waals surface area contributed by atoms with Crippen molar-refractivity contribution < 1.29 is 24.4 Å². The number of rotatable bonds is 2. The van der Waals surface area contributed by atoms with E-state index < -0.39 is 28.9 Å². The van der Waals surface area contributed by atoms with E-state index >= 15 is 0 Å². The Morgan fingerprint density at radius 2 is 1.65 bits per heavy atom. The minimum Gasteiger partial charge on any atom is -0.325 e. The molecule has 0 aromatic rings. The first-order chi connectivity index (χ1) is 9.07. The molecule has 1 radical (unpaired) electrons. The minimum atomic E-state index is -1.08. The van der Waals surface area contributed by atoms with Gasteiger partial charge in [0.15, 0.2) is 0 Å². The van der Waals surface area contributed by atoms with Crippen molar-refractivity contribution >= 4 is 17.8 Å². The lowest BCUT2D eigenvalue weighted by atomic mass is 9.97. The van der Waals surface area contributed by atoms with Crippen molar-refractivity contribution in [2.24, 2.45) is 0 Å². The van der Waals surface area contributed by atoms with E-state index in [4.69, 9.17) is 4.84 Å². The van der Waals surface area contributed by atoms with Gasteiger partial charge < -0.3 is 4.84 Å². The van der Waals surface area contributed by atoms with E-state index in [2.05, 4.69) is 0 Å². The number of amides is 2. The molecule has 0 aromatic heterocycles. The first-order valence-corrected chi connectivity index (χ1v) is 6.36. The van der Waals surface area contributed by atoms with Gasteiger partial charge in [0.25, 0.3) is 11.8 Å². The maximum Gasteiger partial charge on any atom is 0.361 e. The number of hydrogen-bond acceptors (Lipinski definition) is 5. The standard InChI is InChI=1S/C13H17N2O5/c1-12(2)7-8(13(3,4)15(12)19)11(18)20-14-9(16)5-6-10(14)17/h7H,5-6H2,1-4H3. The van der Waals surface area contributed by atoms with E-state index in [0.29, 0.717) is 5.06 Å². The van der Waals surface area contributed by atoms with Crippen molar-refractivity contribution in [3.8, 4) is 0 Å². The van der Waals surface area contributed by atoms with Gasteiger partial charge in [0.1, 0.15) is 0 Å². The maximum absolute atomic E-state index is 12.1. The lowest BCUT2D eigenvalue weighted by molar-refractivity contribution is -0.240. The Morgan fingerprint density at radius 3 is 2.05 bits per heavy atom. The molecule has 0 unspecified atom stereocenters. The van der Waals surface area contributed by atoms with Crippen LogP contribution in [-0.2, 0) is 24.4 Å². The predicted molar refractivity (Wildman–Crippen MR) is 65.9 cm³/mol. The van der Waals surface area contributed by atoms with Crippen molar-refractivity contribution in [1.29, 1.82) is 0 Å². The summed E-state index contributed by atoms with van der Waals surface area (Å²) in [5.41, 5.74) is -1.78. The summed E-state index contributed by atoms with van der Waals surface area (Å²) in [6, 6.07) is 0. The third-order valence-electron chi connectivity index (χ3n) is 3.59. The van der Waals surface area contributed by atoms with Gasteiger partial charge in [0, 0.05) is 12.8 Å². The molecule has 7 heteroatoms. The largest absolute Gasteiger partial charge is 0.361 e. The first-order valence-electron chi connectivity index (χ1n) is 6.36. The molecule has 1 saturated heterocycles. The van der Waals surface area contributed by atoms with Gasteiger partial charge in [-0.1, -0.05) is 0 Å². The summed E-state index contributed by atoms with van der Waals surface area (Å²) in [5, 5.41) is 13.4. The second-order valence-electron chi connectivity index (χ2n) is 6.03. The van der Waals surface area contributed by atoms with E-state index in [1.165, 1.54) is 6.08 Å². The van der Waals surface area contributed by atoms with Crippen LogP contribution >= 0.6 is 0 Å². The number of nitrogens with zero attached hydrogens (tertiary/aromatic N) is 2. The van der Waals surface area contributed by atoms with Crippen LogP contribution in [0.25, 0.3) is 0 Å². The number of hydrogen-bond donors (Lipinski definition) is 0. The molecule has 0 saturated carbocycles. The Bertz CT molecular complexity index is 505. The number of imide groups is 1. The van der Waals surface area contributed by atoms with E-state index in [9.17, 15) is 19.6 Å². The Hall–Kier alpha value is -1.73. The summed E-state index contributed by atoms with van der Waals surface area (Å²) in [6.45, 7) is 6.54. The van der Waals surface area contributed by atoms with Crippen LogP contribution in [0.15, 0.2) is 11.6 Å². The van der Waals surface area contributed by atoms with Crippen LogP contribution in [0.1, 0.15) is 40.5 Å². The molecule has 0 N–H and O–H groups in total. The summed E-state index contributed by atoms with van der Waals surface area (Å²) < 4.78 is 0. The molecule has 20 heavy (non-hydrogen) atoms. The highest BCUT2D eigenvalue weighted by Crippen LogP contribution is 2.39. The highest BCUT2D eigenvalue weighted by Gasteiger charge is 2.50. The van der Waals surface area contributed by atoms with Crippen LogP contribution in [0.4, 0.5) is 0 Å². The molecule has 2 amide bonds. The first kappa shape index (κ1) is 14.7. The highest BCUT2D eigenvalue weighted by molar-refractivity contribution is 6.03. The second-order valence-corrected chi connectivity index (χ2v) is 6.03. The topological polar surface area (TPSA) is 86.8 Å². The van der Waals surface area contributed by atoms with Crippen molar-refractivity contribution in [3.05, 3.63) is 11.6 Å². The molecule has 7 nitrogen and oxygen atoms in total. The summed E-state index contributed by atoms with van der Waals surface area (Å²) in [6.07, 6.45) is 1.58. The minimum absolute atomic E-state index is 0.0354. The molecule has 1 fully saturated rings. The van der Waals surface area contributed by atoms with Crippen LogP contribution in [0, 0.1) is 0 Å². The number of carbonyl (C=O) groups excluding carboxylic acids is 3. The fourth-order valence-corrected chi connectivity index (χ4v) is 2.52. The fraction of sp³-hybridized carbons (Fsp3) is 0.615. The predicted octanol–water partition coefficient (Wildman–Crippen LogP) is 0.738. The zero-order valence-electron chi connectivity index (χ0n) is 11.9. The van der Waals surface area contributed by atoms with Gasteiger partial charge in [-0.3, -0.25) is 9.59 Å². The molecule has 2 aliphatic heterocycles. The maximum atomic E-state index is 12.1. The van der Waals surface area contributed by atoms with Crippen molar-refractivity contribution in [1.82, 2.24) is 10.1 Å². The van der Waals surface area contributed by atoms with Gasteiger partial charge in [-0.2, -0.15) is 0 Å². The molecule has 109 valence electrons. The van der Waals surface area contributed by atoms with Gasteiger partial charge in [0.05, 0.1) is 16.7 Å². The summed E-state index contributed by atoms with van der Waals surface area (Å²) in [4.78, 5) is 39.8. The normalized spacial score (nSPS) is 25.1. The molecule has 0 atom stereocenters. The SMILES string of the molecule is CC1(C)C=C(C(=O)ON2C(=O)CCC2=O)C(C)(C)N1[O]. The van der Waals surface area contributed by atoms with E-state index in [1.807, 2.05) is 0 Å². The van der Waals surface area contributed by atoms with Crippen LogP contribution in [0.3, 0.4) is 0 Å². The lowest BCUT2D eigenvalue weighted by Gasteiger charge is -2.33. The molecule has 0 spiro atoms. The highest BCUT2D eigenvalue weighted by atomic mass is 16.7. The molecular weight excluding hydrogens is 264 g/mol. The molecule has 0 aliphatic carbocycles. The molecule has 2 heterocycles. The van der Waals surface area contributed by atoms with Crippen LogP contribution in [0.5, 0.6) is 0 Å². The van der Waals surface area contributed by atoms with Crippen LogP contribution < -0.4 is 0 Å². The zero-order valence-corrected chi connectivity index (χ0v) is 11.9.